The molecule has 0 spiro atoms. The van der Waals surface area contributed by atoms with Gasteiger partial charge >= 0.3 is 0 Å². The lowest BCUT2D eigenvalue weighted by Crippen LogP contribution is -2.44. The molecule has 7 heteroatoms. The Morgan fingerprint density at radius 3 is 1.27 bits per heavy atom. The van der Waals surface area contributed by atoms with Crippen LogP contribution in [-0.4, -0.2) is 57.9 Å². The first-order chi connectivity index (χ1) is 22.0. The number of hydrogen-bond acceptors (Lipinski definition) is 7. The monoisotopic (exact) mass is 672 g/mol. The van der Waals surface area contributed by atoms with E-state index in [1.807, 2.05) is 0 Å². The molecule has 1 rings (SSSR count). The number of aliphatic hydroxyl groups is 2. The second-order valence-corrected chi connectivity index (χ2v) is 14.4. The summed E-state index contributed by atoms with van der Waals surface area (Å²) in [5.41, 5.74) is 0. The largest absolute Gasteiger partial charge is 0.477 e. The summed E-state index contributed by atoms with van der Waals surface area (Å²) in [5.74, 6) is 0. The highest BCUT2D eigenvalue weighted by molar-refractivity contribution is 7.80. The second-order valence-electron chi connectivity index (χ2n) is 13.5. The number of thiocarbonyl (C=S) groups is 2. The van der Waals surface area contributed by atoms with Gasteiger partial charge in [0.25, 0.3) is 0 Å². The fraction of sp³-hybridized carbons (Fsp3) is 0.947. The molecular weight excluding hydrogens is 601 g/mol. The van der Waals surface area contributed by atoms with Crippen molar-refractivity contribution in [2.45, 2.75) is 218 Å². The van der Waals surface area contributed by atoms with Crippen molar-refractivity contribution in [3.8, 4) is 0 Å². The third kappa shape index (κ3) is 23.6. The summed E-state index contributed by atoms with van der Waals surface area (Å²) in [5, 5.41) is 21.0. The molecule has 4 atom stereocenters. The van der Waals surface area contributed by atoms with Crippen LogP contribution in [0, 0.1) is 0 Å². The lowest BCUT2D eigenvalue weighted by Gasteiger charge is -2.27. The molecule has 1 fully saturated rings. The van der Waals surface area contributed by atoms with Crippen molar-refractivity contribution in [2.24, 2.45) is 0 Å². The molecule has 0 aromatic heterocycles. The molecule has 0 amide bonds. The number of hydrogen-bond donors (Lipinski definition) is 2. The zero-order valence-electron chi connectivity index (χ0n) is 29.5. The van der Waals surface area contributed by atoms with Crippen molar-refractivity contribution in [1.82, 2.24) is 0 Å². The van der Waals surface area contributed by atoms with Gasteiger partial charge in [-0.3, -0.25) is 0 Å². The van der Waals surface area contributed by atoms with Gasteiger partial charge in [-0.15, -0.1) is 0 Å². The van der Waals surface area contributed by atoms with Gasteiger partial charge in [-0.25, -0.2) is 0 Å². The Labute approximate surface area is 289 Å². The van der Waals surface area contributed by atoms with Crippen molar-refractivity contribution < 1.29 is 24.4 Å². The molecule has 266 valence electrons. The summed E-state index contributed by atoms with van der Waals surface area (Å²) >= 11 is 11.1. The quantitative estimate of drug-likeness (QED) is 0.0544. The normalized spacial score (nSPS) is 18.7. The number of unbranched alkanes of at least 4 members (excludes halogenated alkanes) is 24. The van der Waals surface area contributed by atoms with E-state index in [2.05, 4.69) is 13.8 Å². The minimum Gasteiger partial charge on any atom is -0.477 e. The van der Waals surface area contributed by atoms with Crippen molar-refractivity contribution in [3.63, 3.8) is 0 Å². The zero-order valence-corrected chi connectivity index (χ0v) is 31.1. The summed E-state index contributed by atoms with van der Waals surface area (Å²) in [6.07, 6.45) is 32.9. The van der Waals surface area contributed by atoms with Crippen molar-refractivity contribution in [1.29, 1.82) is 0 Å². The molecule has 2 N–H and O–H groups in total. The molecule has 1 heterocycles. The van der Waals surface area contributed by atoms with Crippen molar-refractivity contribution in [2.75, 3.05) is 13.2 Å². The molecule has 5 nitrogen and oxygen atoms in total. The summed E-state index contributed by atoms with van der Waals surface area (Å²) < 4.78 is 18.0. The van der Waals surface area contributed by atoms with Crippen LogP contribution in [0.3, 0.4) is 0 Å². The smallest absolute Gasteiger partial charge is 0.167 e. The van der Waals surface area contributed by atoms with E-state index < -0.39 is 31.0 Å². The summed E-state index contributed by atoms with van der Waals surface area (Å²) in [4.78, 5) is 0. The minimum atomic E-state index is -1.04. The van der Waals surface area contributed by atoms with Crippen LogP contribution in [0.5, 0.6) is 0 Å². The van der Waals surface area contributed by atoms with Crippen LogP contribution >= 0.6 is 24.4 Å². The van der Waals surface area contributed by atoms with Crippen LogP contribution in [0.2, 0.25) is 0 Å². The predicted molar refractivity (Wildman–Crippen MR) is 198 cm³/mol. The van der Waals surface area contributed by atoms with E-state index in [4.69, 9.17) is 38.6 Å². The van der Waals surface area contributed by atoms with Crippen LogP contribution in [0.25, 0.3) is 0 Å². The van der Waals surface area contributed by atoms with Gasteiger partial charge in [-0.2, -0.15) is 0 Å². The van der Waals surface area contributed by atoms with E-state index >= 15 is 0 Å². The van der Waals surface area contributed by atoms with Gasteiger partial charge in [0.05, 0.1) is 13.2 Å². The fourth-order valence-corrected chi connectivity index (χ4v) is 6.82. The SMILES string of the molecule is CCCCCCCCCCCCCCCC(=S)O[C@@H]1[C@H]([C@H](O)CO)OC[C@@H]1OC(=S)CCCCCCCCCCCCCCC. The van der Waals surface area contributed by atoms with Crippen LogP contribution in [0.4, 0.5) is 0 Å². The summed E-state index contributed by atoms with van der Waals surface area (Å²) in [6.45, 7) is 4.42. The average Bonchev–Trinajstić information content (AvgIpc) is 3.42. The van der Waals surface area contributed by atoms with Crippen LogP contribution < -0.4 is 0 Å². The van der Waals surface area contributed by atoms with E-state index in [9.17, 15) is 10.2 Å². The number of ether oxygens (including phenoxy) is 3. The maximum Gasteiger partial charge on any atom is 0.167 e. The highest BCUT2D eigenvalue weighted by Gasteiger charge is 2.45. The highest BCUT2D eigenvalue weighted by Crippen LogP contribution is 2.26. The van der Waals surface area contributed by atoms with Gasteiger partial charge in [0.2, 0.25) is 0 Å². The maximum absolute atomic E-state index is 10.3. The molecule has 1 aliphatic heterocycles. The van der Waals surface area contributed by atoms with Gasteiger partial charge in [0, 0.05) is 12.8 Å². The Morgan fingerprint density at radius 2 is 0.911 bits per heavy atom. The number of aliphatic hydroxyl groups excluding tert-OH is 2. The molecule has 0 unspecified atom stereocenters. The Kier molecular flexibility index (Phi) is 29.4. The van der Waals surface area contributed by atoms with Gasteiger partial charge in [-0.1, -0.05) is 168 Å². The van der Waals surface area contributed by atoms with E-state index in [0.717, 1.165) is 32.1 Å². The van der Waals surface area contributed by atoms with E-state index in [0.29, 0.717) is 16.5 Å². The fourth-order valence-electron chi connectivity index (χ4n) is 6.30. The molecule has 1 aliphatic rings. The van der Waals surface area contributed by atoms with Crippen LogP contribution in [-0.2, 0) is 14.2 Å². The molecule has 0 aromatic carbocycles. The van der Waals surface area contributed by atoms with E-state index in [1.165, 1.54) is 141 Å². The zero-order chi connectivity index (χ0) is 32.8. The maximum atomic E-state index is 10.3. The molecule has 0 saturated carbocycles. The molecule has 45 heavy (non-hydrogen) atoms. The average molecular weight is 673 g/mol. The van der Waals surface area contributed by atoms with E-state index in [1.54, 1.807) is 0 Å². The minimum absolute atomic E-state index is 0.270. The lowest BCUT2D eigenvalue weighted by atomic mass is 10.0. The molecule has 0 radical (unpaired) electrons. The standard InChI is InChI=1S/C38H72O5S2/c1-3-5-7-9-11-13-15-17-19-21-23-25-27-29-35(44)42-34-32-41-37(33(40)31-39)38(34)43-36(45)30-28-26-24-22-20-18-16-14-12-10-8-6-4-2/h33-34,37-40H,3-32H2,1-2H3/t33-,34+,37+,38+/m1/s1. The lowest BCUT2D eigenvalue weighted by molar-refractivity contribution is -0.0639. The summed E-state index contributed by atoms with van der Waals surface area (Å²) in [6, 6.07) is 0. The van der Waals surface area contributed by atoms with Gasteiger partial charge < -0.3 is 24.4 Å². The van der Waals surface area contributed by atoms with Crippen LogP contribution in [0.15, 0.2) is 0 Å². The topological polar surface area (TPSA) is 68.2 Å². The van der Waals surface area contributed by atoms with Gasteiger partial charge in [-0.05, 0) is 37.3 Å². The Balaban J connectivity index is 2.17. The van der Waals surface area contributed by atoms with Crippen molar-refractivity contribution in [3.05, 3.63) is 0 Å². The van der Waals surface area contributed by atoms with Crippen LogP contribution in [0.1, 0.15) is 194 Å². The second kappa shape index (κ2) is 31.0. The first-order valence-electron chi connectivity index (χ1n) is 19.3. The van der Waals surface area contributed by atoms with Gasteiger partial charge in [0.1, 0.15) is 12.2 Å². The Morgan fingerprint density at radius 1 is 0.578 bits per heavy atom. The summed E-state index contributed by atoms with van der Waals surface area (Å²) in [7, 11) is 0. The number of rotatable bonds is 32. The Bertz CT molecular complexity index is 691. The predicted octanol–water partition coefficient (Wildman–Crippen LogP) is 11.1. The first kappa shape index (κ1) is 42.7. The molecular formula is C38H72O5S2. The first-order valence-corrected chi connectivity index (χ1v) is 20.1. The molecule has 0 aromatic rings. The highest BCUT2D eigenvalue weighted by atomic mass is 32.1. The van der Waals surface area contributed by atoms with Crippen molar-refractivity contribution >= 4 is 34.5 Å². The molecule has 1 saturated heterocycles. The Hall–Kier alpha value is -0.340. The van der Waals surface area contributed by atoms with E-state index in [-0.39, 0.29) is 6.61 Å². The third-order valence-electron chi connectivity index (χ3n) is 9.23. The third-order valence-corrected chi connectivity index (χ3v) is 9.83. The molecule has 0 aliphatic carbocycles. The molecule has 0 bridgehead atoms. The van der Waals surface area contributed by atoms with Gasteiger partial charge in [0.15, 0.2) is 22.3 Å².